The molecular weight excluding hydrogens is 146 g/mol. The van der Waals surface area contributed by atoms with E-state index in [1.807, 2.05) is 0 Å². The van der Waals surface area contributed by atoms with E-state index in [2.05, 4.69) is 25.1 Å². The van der Waals surface area contributed by atoms with Crippen molar-refractivity contribution in [1.82, 2.24) is 5.32 Å². The minimum atomic E-state index is 0.817. The van der Waals surface area contributed by atoms with Crippen LogP contribution in [0.15, 0.2) is 0 Å². The van der Waals surface area contributed by atoms with E-state index in [4.69, 9.17) is 6.42 Å². The van der Waals surface area contributed by atoms with Crippen LogP contribution in [-0.4, -0.2) is 13.1 Å². The van der Waals surface area contributed by atoms with Gasteiger partial charge in [-0.05, 0) is 38.3 Å². The highest BCUT2D eigenvalue weighted by molar-refractivity contribution is 4.83. The van der Waals surface area contributed by atoms with Crippen molar-refractivity contribution in [2.24, 2.45) is 5.92 Å². The van der Waals surface area contributed by atoms with Crippen molar-refractivity contribution in [3.8, 4) is 12.3 Å². The van der Waals surface area contributed by atoms with E-state index in [9.17, 15) is 0 Å². The van der Waals surface area contributed by atoms with Gasteiger partial charge in [-0.2, -0.15) is 0 Å². The van der Waals surface area contributed by atoms with Crippen molar-refractivity contribution in [3.63, 3.8) is 0 Å². The van der Waals surface area contributed by atoms with Gasteiger partial charge in [0.1, 0.15) is 0 Å². The summed E-state index contributed by atoms with van der Waals surface area (Å²) >= 11 is 0. The van der Waals surface area contributed by atoms with Gasteiger partial charge >= 0.3 is 0 Å². The van der Waals surface area contributed by atoms with Gasteiger partial charge in [-0.1, -0.05) is 13.8 Å². The summed E-state index contributed by atoms with van der Waals surface area (Å²) in [5.41, 5.74) is 0. The van der Waals surface area contributed by atoms with Crippen molar-refractivity contribution in [2.45, 2.75) is 39.5 Å². The topological polar surface area (TPSA) is 12.0 Å². The van der Waals surface area contributed by atoms with Crippen LogP contribution in [0.4, 0.5) is 0 Å². The van der Waals surface area contributed by atoms with Gasteiger partial charge in [0.25, 0.3) is 0 Å². The molecule has 0 aliphatic heterocycles. The predicted molar refractivity (Wildman–Crippen MR) is 55.0 cm³/mol. The zero-order chi connectivity index (χ0) is 9.23. The molecule has 1 nitrogen and oxygen atoms in total. The van der Waals surface area contributed by atoms with Crippen LogP contribution in [0.5, 0.6) is 0 Å². The first kappa shape index (κ1) is 11.5. The Labute approximate surface area is 76.9 Å². The number of rotatable bonds is 7. The smallest absolute Gasteiger partial charge is 0.00861 e. The lowest BCUT2D eigenvalue weighted by atomic mass is 10.0. The van der Waals surface area contributed by atoms with E-state index >= 15 is 0 Å². The molecule has 0 saturated carbocycles. The van der Waals surface area contributed by atoms with Gasteiger partial charge in [0.15, 0.2) is 0 Å². The van der Waals surface area contributed by atoms with Crippen LogP contribution >= 0.6 is 0 Å². The van der Waals surface area contributed by atoms with E-state index in [0.29, 0.717) is 0 Å². The summed E-state index contributed by atoms with van der Waals surface area (Å²) < 4.78 is 0. The molecule has 1 N–H and O–H groups in total. The molecule has 70 valence electrons. The molecule has 0 aliphatic carbocycles. The van der Waals surface area contributed by atoms with Crippen LogP contribution in [-0.2, 0) is 0 Å². The highest BCUT2D eigenvalue weighted by atomic mass is 14.8. The van der Waals surface area contributed by atoms with Gasteiger partial charge in [0.05, 0.1) is 0 Å². The summed E-state index contributed by atoms with van der Waals surface area (Å²) in [6, 6.07) is 0. The van der Waals surface area contributed by atoms with Gasteiger partial charge in [0.2, 0.25) is 0 Å². The molecule has 0 spiro atoms. The van der Waals surface area contributed by atoms with E-state index in [-0.39, 0.29) is 0 Å². The number of nitrogens with one attached hydrogen (secondary N) is 1. The summed E-state index contributed by atoms with van der Waals surface area (Å²) in [6.45, 7) is 6.67. The van der Waals surface area contributed by atoms with Crippen molar-refractivity contribution < 1.29 is 0 Å². The van der Waals surface area contributed by atoms with Crippen LogP contribution in [0.3, 0.4) is 0 Å². The fourth-order valence-corrected chi connectivity index (χ4v) is 1.22. The fourth-order valence-electron chi connectivity index (χ4n) is 1.22. The fraction of sp³-hybridized carbons (Fsp3) is 0.818. The summed E-state index contributed by atoms with van der Waals surface area (Å²) in [5, 5.41) is 3.33. The Hall–Kier alpha value is -0.480. The Morgan fingerprint density at radius 1 is 1.42 bits per heavy atom. The lowest BCUT2D eigenvalue weighted by molar-refractivity contribution is 0.463. The van der Waals surface area contributed by atoms with E-state index < -0.39 is 0 Å². The maximum absolute atomic E-state index is 5.17. The second kappa shape index (κ2) is 8.62. The molecule has 12 heavy (non-hydrogen) atoms. The van der Waals surface area contributed by atoms with Crippen molar-refractivity contribution in [1.29, 1.82) is 0 Å². The van der Waals surface area contributed by atoms with E-state index in [0.717, 1.165) is 25.4 Å². The number of terminal acetylenes is 1. The Morgan fingerprint density at radius 3 is 2.75 bits per heavy atom. The molecule has 0 heterocycles. The van der Waals surface area contributed by atoms with Gasteiger partial charge < -0.3 is 5.32 Å². The molecule has 0 bridgehead atoms. The summed E-state index contributed by atoms with van der Waals surface area (Å²) in [5.74, 6) is 3.49. The summed E-state index contributed by atoms with van der Waals surface area (Å²) in [7, 11) is 0. The first-order valence-corrected chi connectivity index (χ1v) is 4.95. The molecule has 0 aromatic carbocycles. The summed E-state index contributed by atoms with van der Waals surface area (Å²) in [6.07, 6.45) is 9.84. The lowest BCUT2D eigenvalue weighted by Gasteiger charge is -2.09. The van der Waals surface area contributed by atoms with Crippen LogP contribution in [0.25, 0.3) is 0 Å². The molecule has 0 rings (SSSR count). The third-order valence-electron chi connectivity index (χ3n) is 2.08. The van der Waals surface area contributed by atoms with Crippen LogP contribution < -0.4 is 5.32 Å². The molecule has 0 saturated heterocycles. The third kappa shape index (κ3) is 7.63. The maximum Gasteiger partial charge on any atom is 0.00861 e. The SMILES string of the molecule is C#CCCCC(C)CCNCC. The highest BCUT2D eigenvalue weighted by Gasteiger charge is 1.99. The molecular formula is C11H21N. The Kier molecular flexibility index (Phi) is 8.27. The van der Waals surface area contributed by atoms with Gasteiger partial charge in [-0.15, -0.1) is 12.3 Å². The van der Waals surface area contributed by atoms with Crippen molar-refractivity contribution in [3.05, 3.63) is 0 Å². The molecule has 0 aliphatic rings. The predicted octanol–water partition coefficient (Wildman–Crippen LogP) is 2.43. The lowest BCUT2D eigenvalue weighted by Crippen LogP contribution is -2.16. The van der Waals surface area contributed by atoms with Crippen LogP contribution in [0.1, 0.15) is 39.5 Å². The second-order valence-corrected chi connectivity index (χ2v) is 3.34. The van der Waals surface area contributed by atoms with Gasteiger partial charge in [-0.25, -0.2) is 0 Å². The monoisotopic (exact) mass is 167 g/mol. The molecule has 0 aromatic rings. The number of hydrogen-bond donors (Lipinski definition) is 1. The molecule has 0 aromatic heterocycles. The number of hydrogen-bond acceptors (Lipinski definition) is 1. The Morgan fingerprint density at radius 2 is 2.17 bits per heavy atom. The number of unbranched alkanes of at least 4 members (excludes halogenated alkanes) is 1. The Bertz CT molecular complexity index is 123. The zero-order valence-corrected chi connectivity index (χ0v) is 8.40. The zero-order valence-electron chi connectivity index (χ0n) is 8.40. The van der Waals surface area contributed by atoms with Gasteiger partial charge in [0, 0.05) is 6.42 Å². The molecule has 1 atom stereocenters. The molecule has 0 amide bonds. The van der Waals surface area contributed by atoms with E-state index in [1.54, 1.807) is 0 Å². The maximum atomic E-state index is 5.17. The van der Waals surface area contributed by atoms with Crippen LogP contribution in [0, 0.1) is 18.3 Å². The molecule has 0 fully saturated rings. The van der Waals surface area contributed by atoms with Gasteiger partial charge in [-0.3, -0.25) is 0 Å². The largest absolute Gasteiger partial charge is 0.317 e. The second-order valence-electron chi connectivity index (χ2n) is 3.34. The van der Waals surface area contributed by atoms with Crippen LogP contribution in [0.2, 0.25) is 0 Å². The first-order valence-electron chi connectivity index (χ1n) is 4.95. The minimum Gasteiger partial charge on any atom is -0.317 e. The average Bonchev–Trinajstić information content (AvgIpc) is 2.06. The quantitative estimate of drug-likeness (QED) is 0.453. The average molecular weight is 167 g/mol. The Balaban J connectivity index is 3.11. The summed E-state index contributed by atoms with van der Waals surface area (Å²) in [4.78, 5) is 0. The molecule has 0 radical (unpaired) electrons. The molecule has 1 unspecified atom stereocenters. The third-order valence-corrected chi connectivity index (χ3v) is 2.08. The van der Waals surface area contributed by atoms with E-state index in [1.165, 1.54) is 19.3 Å². The standard InChI is InChI=1S/C11H21N/c1-4-6-7-8-11(3)9-10-12-5-2/h1,11-12H,5-10H2,2-3H3. The normalized spacial score (nSPS) is 12.4. The van der Waals surface area contributed by atoms with Crippen molar-refractivity contribution in [2.75, 3.05) is 13.1 Å². The highest BCUT2D eigenvalue weighted by Crippen LogP contribution is 2.10. The first-order chi connectivity index (χ1) is 5.81. The minimum absolute atomic E-state index is 0.817. The molecule has 1 heteroatoms. The van der Waals surface area contributed by atoms with Crippen molar-refractivity contribution >= 4 is 0 Å².